The third kappa shape index (κ3) is 4.79. The molecule has 0 aromatic heterocycles. The predicted octanol–water partition coefficient (Wildman–Crippen LogP) is 3.74. The molecule has 0 bridgehead atoms. The monoisotopic (exact) mass is 273 g/mol. The summed E-state index contributed by atoms with van der Waals surface area (Å²) < 4.78 is 13.2. The van der Waals surface area contributed by atoms with E-state index in [1.54, 1.807) is 12.1 Å². The van der Waals surface area contributed by atoms with Gasteiger partial charge in [-0.1, -0.05) is 35.5 Å². The molecule has 0 heterocycles. The van der Waals surface area contributed by atoms with Gasteiger partial charge in [0.2, 0.25) is 0 Å². The molecule has 0 unspecified atom stereocenters. The number of hydrogen-bond donors (Lipinski definition) is 1. The number of thioether (sulfide) groups is 1. The minimum absolute atomic E-state index is 0.0878. The summed E-state index contributed by atoms with van der Waals surface area (Å²) in [4.78, 5) is 10.7. The Morgan fingerprint density at radius 1 is 1.59 bits per heavy atom. The zero-order valence-corrected chi connectivity index (χ0v) is 10.9. The average molecular weight is 274 g/mol. The van der Waals surface area contributed by atoms with Crippen LogP contribution in [-0.2, 0) is 4.79 Å². The first-order chi connectivity index (χ1) is 8.00. The topological polar surface area (TPSA) is 43.1 Å². The van der Waals surface area contributed by atoms with Crippen LogP contribution < -0.4 is 5.73 Å². The number of benzene rings is 1. The summed E-state index contributed by atoms with van der Waals surface area (Å²) in [6, 6.07) is 2.79. The van der Waals surface area contributed by atoms with E-state index in [2.05, 4.69) is 0 Å². The van der Waals surface area contributed by atoms with Crippen LogP contribution in [0.2, 0.25) is 5.02 Å². The van der Waals surface area contributed by atoms with Gasteiger partial charge in [-0.25, -0.2) is 4.39 Å². The lowest BCUT2D eigenvalue weighted by molar-refractivity contribution is -0.109. The maximum absolute atomic E-state index is 13.2. The molecule has 0 fully saturated rings. The van der Waals surface area contributed by atoms with E-state index < -0.39 is 5.82 Å². The summed E-state index contributed by atoms with van der Waals surface area (Å²) in [6.07, 6.45) is 4.28. The van der Waals surface area contributed by atoms with Crippen LogP contribution in [0.1, 0.15) is 18.9 Å². The molecule has 5 heteroatoms. The Balaban J connectivity index is 2.62. The van der Waals surface area contributed by atoms with E-state index in [1.807, 2.05) is 6.08 Å². The lowest BCUT2D eigenvalue weighted by Crippen LogP contribution is -1.94. The number of carbonyl (C=O) groups is 1. The fourth-order valence-electron chi connectivity index (χ4n) is 1.22. The average Bonchev–Trinajstić information content (AvgIpc) is 2.23. The minimum Gasteiger partial charge on any atom is -0.396 e. The van der Waals surface area contributed by atoms with Crippen molar-refractivity contribution in [2.75, 3.05) is 11.5 Å². The van der Waals surface area contributed by atoms with E-state index >= 15 is 0 Å². The van der Waals surface area contributed by atoms with Gasteiger partial charge >= 0.3 is 0 Å². The molecule has 1 aromatic rings. The van der Waals surface area contributed by atoms with Crippen LogP contribution in [0, 0.1) is 5.82 Å². The second-order valence-corrected chi connectivity index (χ2v) is 5.13. The molecule has 0 saturated heterocycles. The highest BCUT2D eigenvalue weighted by molar-refractivity contribution is 8.13. The van der Waals surface area contributed by atoms with E-state index in [0.717, 1.165) is 6.42 Å². The Bertz CT molecular complexity index is 448. The van der Waals surface area contributed by atoms with Crippen LogP contribution in [0.3, 0.4) is 0 Å². The molecule has 0 aliphatic heterocycles. The van der Waals surface area contributed by atoms with Gasteiger partial charge in [0.15, 0.2) is 5.12 Å². The van der Waals surface area contributed by atoms with Gasteiger partial charge in [-0.3, -0.25) is 4.79 Å². The number of nitrogen functional groups attached to an aromatic ring is 1. The molecule has 92 valence electrons. The van der Waals surface area contributed by atoms with Crippen molar-refractivity contribution in [3.05, 3.63) is 34.6 Å². The molecule has 17 heavy (non-hydrogen) atoms. The highest BCUT2D eigenvalue weighted by atomic mass is 35.5. The largest absolute Gasteiger partial charge is 0.396 e. The lowest BCUT2D eigenvalue weighted by atomic mass is 10.1. The maximum atomic E-state index is 13.2. The molecule has 1 rings (SSSR count). The van der Waals surface area contributed by atoms with E-state index in [1.165, 1.54) is 24.8 Å². The molecule has 2 N–H and O–H groups in total. The van der Waals surface area contributed by atoms with Crippen molar-refractivity contribution in [2.45, 2.75) is 13.3 Å². The van der Waals surface area contributed by atoms with Gasteiger partial charge in [0.1, 0.15) is 5.82 Å². The second-order valence-electron chi connectivity index (χ2n) is 3.42. The Hall–Kier alpha value is -1.00. The fraction of sp³-hybridized carbons (Fsp3) is 0.250. The van der Waals surface area contributed by atoms with E-state index in [4.69, 9.17) is 17.3 Å². The summed E-state index contributed by atoms with van der Waals surface area (Å²) >= 11 is 6.98. The van der Waals surface area contributed by atoms with Gasteiger partial charge in [-0.05, 0) is 18.6 Å². The molecule has 0 spiro atoms. The Kier molecular flexibility index (Phi) is 5.51. The Morgan fingerprint density at radius 2 is 2.29 bits per heavy atom. The SMILES string of the molecule is CC(=O)SCCC=Cc1cc(Cl)cc(F)c1N. The molecule has 0 aliphatic carbocycles. The summed E-state index contributed by atoms with van der Waals surface area (Å²) in [6.45, 7) is 1.53. The number of anilines is 1. The predicted molar refractivity (Wildman–Crippen MR) is 72.6 cm³/mol. The molecule has 1 aromatic carbocycles. The van der Waals surface area contributed by atoms with Crippen molar-refractivity contribution in [3.8, 4) is 0 Å². The molecule has 0 saturated carbocycles. The number of nitrogens with two attached hydrogens (primary N) is 1. The van der Waals surface area contributed by atoms with E-state index in [0.29, 0.717) is 16.3 Å². The van der Waals surface area contributed by atoms with Crippen molar-refractivity contribution >= 4 is 40.2 Å². The van der Waals surface area contributed by atoms with Crippen LogP contribution in [0.25, 0.3) is 6.08 Å². The van der Waals surface area contributed by atoms with Crippen molar-refractivity contribution in [1.29, 1.82) is 0 Å². The molecule has 0 aliphatic rings. The summed E-state index contributed by atoms with van der Waals surface area (Å²) in [5.74, 6) is 0.185. The van der Waals surface area contributed by atoms with Gasteiger partial charge in [0.25, 0.3) is 0 Å². The number of halogens is 2. The fourth-order valence-corrected chi connectivity index (χ4v) is 1.98. The molecule has 0 amide bonds. The number of allylic oxidation sites excluding steroid dienone is 1. The molecular weight excluding hydrogens is 261 g/mol. The first-order valence-corrected chi connectivity index (χ1v) is 6.41. The Labute approximate surface area is 109 Å². The van der Waals surface area contributed by atoms with Crippen LogP contribution in [0.15, 0.2) is 18.2 Å². The lowest BCUT2D eigenvalue weighted by Gasteiger charge is -2.02. The van der Waals surface area contributed by atoms with Gasteiger partial charge in [-0.15, -0.1) is 0 Å². The smallest absolute Gasteiger partial charge is 0.185 e. The maximum Gasteiger partial charge on any atom is 0.185 e. The highest BCUT2D eigenvalue weighted by Crippen LogP contribution is 2.23. The van der Waals surface area contributed by atoms with Gasteiger partial charge < -0.3 is 5.73 Å². The van der Waals surface area contributed by atoms with Crippen LogP contribution in [-0.4, -0.2) is 10.9 Å². The van der Waals surface area contributed by atoms with Crippen molar-refractivity contribution < 1.29 is 9.18 Å². The zero-order chi connectivity index (χ0) is 12.8. The van der Waals surface area contributed by atoms with Crippen molar-refractivity contribution in [3.63, 3.8) is 0 Å². The molecule has 0 radical (unpaired) electrons. The first-order valence-electron chi connectivity index (χ1n) is 5.05. The molecule has 0 atom stereocenters. The summed E-state index contributed by atoms with van der Waals surface area (Å²) in [7, 11) is 0. The van der Waals surface area contributed by atoms with Crippen LogP contribution >= 0.6 is 23.4 Å². The molecular formula is C12H13ClFNOS. The van der Waals surface area contributed by atoms with E-state index in [9.17, 15) is 9.18 Å². The van der Waals surface area contributed by atoms with Gasteiger partial charge in [0, 0.05) is 23.3 Å². The third-order valence-corrected chi connectivity index (χ3v) is 3.08. The van der Waals surface area contributed by atoms with E-state index in [-0.39, 0.29) is 10.8 Å². The number of carbonyl (C=O) groups excluding carboxylic acids is 1. The Morgan fingerprint density at radius 3 is 2.94 bits per heavy atom. The van der Waals surface area contributed by atoms with Gasteiger partial charge in [0.05, 0.1) is 5.69 Å². The zero-order valence-electron chi connectivity index (χ0n) is 9.37. The quantitative estimate of drug-likeness (QED) is 0.671. The standard InChI is InChI=1S/C12H13ClFNOS/c1-8(16)17-5-3-2-4-9-6-10(13)7-11(14)12(9)15/h2,4,6-7H,3,5,15H2,1H3. The van der Waals surface area contributed by atoms with Crippen molar-refractivity contribution in [1.82, 2.24) is 0 Å². The number of rotatable bonds is 4. The summed E-state index contributed by atoms with van der Waals surface area (Å²) in [5.41, 5.74) is 6.22. The van der Waals surface area contributed by atoms with Gasteiger partial charge in [-0.2, -0.15) is 0 Å². The highest BCUT2D eigenvalue weighted by Gasteiger charge is 2.04. The normalized spacial score (nSPS) is 11.0. The first kappa shape index (κ1) is 14.1. The van der Waals surface area contributed by atoms with Crippen molar-refractivity contribution in [2.24, 2.45) is 0 Å². The molecule has 2 nitrogen and oxygen atoms in total. The van der Waals surface area contributed by atoms with Crippen LogP contribution in [0.5, 0.6) is 0 Å². The number of hydrogen-bond acceptors (Lipinski definition) is 3. The third-order valence-electron chi connectivity index (χ3n) is 2.01. The van der Waals surface area contributed by atoms with Crippen LogP contribution in [0.4, 0.5) is 10.1 Å². The second kappa shape index (κ2) is 6.67. The summed E-state index contributed by atoms with van der Waals surface area (Å²) in [5, 5.41) is 0.404. The minimum atomic E-state index is -0.518.